The molecule has 9 heteroatoms. The zero-order chi connectivity index (χ0) is 18.8. The molecular formula is C18H16N4O4S. The normalized spacial score (nSPS) is 17.0. The van der Waals surface area contributed by atoms with Crippen LogP contribution >= 0.6 is 11.3 Å². The Morgan fingerprint density at radius 3 is 2.89 bits per heavy atom. The number of amides is 1. The van der Waals surface area contributed by atoms with Gasteiger partial charge in [0.15, 0.2) is 0 Å². The second-order valence-electron chi connectivity index (χ2n) is 6.29. The molecule has 8 nitrogen and oxygen atoms in total. The third-order valence-electron chi connectivity index (χ3n) is 4.56. The Bertz CT molecular complexity index is 969. The highest BCUT2D eigenvalue weighted by Gasteiger charge is 2.31. The predicted octanol–water partition coefficient (Wildman–Crippen LogP) is 3.73. The average Bonchev–Trinajstić information content (AvgIpc) is 3.39. The summed E-state index contributed by atoms with van der Waals surface area (Å²) >= 11 is 1.52. The van der Waals surface area contributed by atoms with Crippen molar-refractivity contribution in [1.29, 1.82) is 0 Å². The zero-order valence-corrected chi connectivity index (χ0v) is 15.1. The Balaban J connectivity index is 1.53. The van der Waals surface area contributed by atoms with Crippen molar-refractivity contribution in [2.45, 2.75) is 18.8 Å². The number of piperidine rings is 1. The first kappa shape index (κ1) is 17.3. The van der Waals surface area contributed by atoms with Crippen LogP contribution in [0.5, 0.6) is 0 Å². The molecule has 138 valence electrons. The van der Waals surface area contributed by atoms with Crippen molar-refractivity contribution >= 4 is 22.9 Å². The number of hydrogen-bond acceptors (Lipinski definition) is 7. The van der Waals surface area contributed by atoms with Crippen molar-refractivity contribution in [2.75, 3.05) is 13.1 Å². The van der Waals surface area contributed by atoms with Gasteiger partial charge in [0.1, 0.15) is 5.56 Å². The molecule has 27 heavy (non-hydrogen) atoms. The Morgan fingerprint density at radius 1 is 1.26 bits per heavy atom. The molecule has 1 atom stereocenters. The second kappa shape index (κ2) is 7.28. The van der Waals surface area contributed by atoms with Gasteiger partial charge in [-0.1, -0.05) is 18.2 Å². The minimum Gasteiger partial charge on any atom is -0.420 e. The minimum absolute atomic E-state index is 0.0771. The van der Waals surface area contributed by atoms with E-state index < -0.39 is 4.92 Å². The molecule has 0 aliphatic carbocycles. The van der Waals surface area contributed by atoms with Crippen LogP contribution < -0.4 is 0 Å². The van der Waals surface area contributed by atoms with Gasteiger partial charge in [-0.05, 0) is 30.4 Å². The second-order valence-corrected chi connectivity index (χ2v) is 7.24. The number of benzene rings is 1. The quantitative estimate of drug-likeness (QED) is 0.502. The third kappa shape index (κ3) is 3.45. The van der Waals surface area contributed by atoms with Crippen LogP contribution in [-0.4, -0.2) is 39.0 Å². The van der Waals surface area contributed by atoms with Gasteiger partial charge >= 0.3 is 0 Å². The van der Waals surface area contributed by atoms with E-state index in [4.69, 9.17) is 4.42 Å². The van der Waals surface area contributed by atoms with Crippen LogP contribution in [0.25, 0.3) is 10.8 Å². The summed E-state index contributed by atoms with van der Waals surface area (Å²) in [5.41, 5.74) is -0.0738. The van der Waals surface area contributed by atoms with Crippen molar-refractivity contribution < 1.29 is 14.1 Å². The summed E-state index contributed by atoms with van der Waals surface area (Å²) in [7, 11) is 0. The Morgan fingerprint density at radius 2 is 2.11 bits per heavy atom. The lowest BCUT2D eigenvalue weighted by Gasteiger charge is -2.31. The van der Waals surface area contributed by atoms with E-state index in [0.29, 0.717) is 24.9 Å². The van der Waals surface area contributed by atoms with Gasteiger partial charge in [-0.3, -0.25) is 14.9 Å². The first-order chi connectivity index (χ1) is 13.1. The van der Waals surface area contributed by atoms with Crippen molar-refractivity contribution in [1.82, 2.24) is 15.1 Å². The smallest absolute Gasteiger partial charge is 0.282 e. The Kier molecular flexibility index (Phi) is 4.68. The minimum atomic E-state index is -0.528. The summed E-state index contributed by atoms with van der Waals surface area (Å²) in [6, 6.07) is 9.85. The van der Waals surface area contributed by atoms with Gasteiger partial charge in [-0.2, -0.15) is 0 Å². The largest absolute Gasteiger partial charge is 0.420 e. The Labute approximate surface area is 158 Å². The maximum absolute atomic E-state index is 12.9. The lowest BCUT2D eigenvalue weighted by Crippen LogP contribution is -2.39. The molecule has 0 bridgehead atoms. The fourth-order valence-electron chi connectivity index (χ4n) is 3.25. The first-order valence-electron chi connectivity index (χ1n) is 8.53. The maximum Gasteiger partial charge on any atom is 0.282 e. The van der Waals surface area contributed by atoms with Crippen LogP contribution in [0.15, 0.2) is 46.2 Å². The molecular weight excluding hydrogens is 368 g/mol. The molecule has 1 aliphatic heterocycles. The molecule has 1 amide bonds. The number of nitrogens with zero attached hydrogens (tertiary/aromatic N) is 4. The zero-order valence-electron chi connectivity index (χ0n) is 14.3. The van der Waals surface area contributed by atoms with E-state index in [9.17, 15) is 14.9 Å². The number of nitro groups is 1. The number of carbonyl (C=O) groups is 1. The summed E-state index contributed by atoms with van der Waals surface area (Å²) in [4.78, 5) is 26.1. The molecule has 2 aromatic heterocycles. The first-order valence-corrected chi connectivity index (χ1v) is 9.41. The molecule has 1 unspecified atom stereocenters. The molecule has 1 aliphatic rings. The lowest BCUT2D eigenvalue weighted by atomic mass is 9.97. The molecule has 0 saturated carbocycles. The monoisotopic (exact) mass is 384 g/mol. The van der Waals surface area contributed by atoms with Crippen LogP contribution in [0.3, 0.4) is 0 Å². The number of thiophene rings is 1. The number of carbonyl (C=O) groups excluding carboxylic acids is 1. The molecule has 0 N–H and O–H groups in total. The predicted molar refractivity (Wildman–Crippen MR) is 98.6 cm³/mol. The fourth-order valence-corrected chi connectivity index (χ4v) is 3.89. The number of rotatable bonds is 4. The van der Waals surface area contributed by atoms with Crippen LogP contribution in [-0.2, 0) is 0 Å². The molecule has 3 aromatic rings. The third-order valence-corrected chi connectivity index (χ3v) is 5.42. The summed E-state index contributed by atoms with van der Waals surface area (Å²) in [6.45, 7) is 0.949. The fraction of sp³-hybridized carbons (Fsp3) is 0.278. The highest BCUT2D eigenvalue weighted by molar-refractivity contribution is 7.13. The van der Waals surface area contributed by atoms with E-state index in [0.717, 1.165) is 17.7 Å². The van der Waals surface area contributed by atoms with Crippen molar-refractivity contribution in [3.05, 3.63) is 63.3 Å². The van der Waals surface area contributed by atoms with Crippen molar-refractivity contribution in [3.8, 4) is 10.8 Å². The van der Waals surface area contributed by atoms with Gasteiger partial charge in [0.25, 0.3) is 17.5 Å². The van der Waals surface area contributed by atoms with Gasteiger partial charge in [-0.15, -0.1) is 21.5 Å². The van der Waals surface area contributed by atoms with E-state index in [1.54, 1.807) is 17.0 Å². The van der Waals surface area contributed by atoms with Crippen molar-refractivity contribution in [2.24, 2.45) is 0 Å². The van der Waals surface area contributed by atoms with Crippen LogP contribution in [0.4, 0.5) is 5.69 Å². The Hall–Kier alpha value is -3.07. The van der Waals surface area contributed by atoms with Crippen molar-refractivity contribution in [3.63, 3.8) is 0 Å². The molecule has 1 aromatic carbocycles. The standard InChI is InChI=1S/C18H16N4O4S/c23-18(13-6-1-2-7-14(13)22(24)25)21-9-3-5-12(11-21)16-19-20-17(26-16)15-8-4-10-27-15/h1-2,4,6-8,10,12H,3,5,9,11H2. The van der Waals surface area contributed by atoms with E-state index in [1.807, 2.05) is 17.5 Å². The molecule has 0 radical (unpaired) electrons. The lowest BCUT2D eigenvalue weighted by molar-refractivity contribution is -0.385. The van der Waals surface area contributed by atoms with E-state index in [1.165, 1.54) is 23.5 Å². The molecule has 4 rings (SSSR count). The van der Waals surface area contributed by atoms with Gasteiger partial charge in [0.2, 0.25) is 5.89 Å². The molecule has 1 saturated heterocycles. The highest BCUT2D eigenvalue weighted by atomic mass is 32.1. The number of likely N-dealkylation sites (tertiary alicyclic amines) is 1. The molecule has 0 spiro atoms. The van der Waals surface area contributed by atoms with E-state index >= 15 is 0 Å². The highest BCUT2D eigenvalue weighted by Crippen LogP contribution is 2.31. The van der Waals surface area contributed by atoms with Gasteiger partial charge < -0.3 is 9.32 Å². The number of hydrogen-bond donors (Lipinski definition) is 0. The number of aromatic nitrogens is 2. The number of para-hydroxylation sites is 1. The van der Waals surface area contributed by atoms with Gasteiger partial charge in [0.05, 0.1) is 15.7 Å². The van der Waals surface area contributed by atoms with Crippen LogP contribution in [0, 0.1) is 10.1 Å². The summed E-state index contributed by atoms with van der Waals surface area (Å²) < 4.78 is 5.81. The van der Waals surface area contributed by atoms with Gasteiger partial charge in [0, 0.05) is 19.2 Å². The average molecular weight is 384 g/mol. The summed E-state index contributed by atoms with van der Waals surface area (Å²) in [5, 5.41) is 21.4. The van der Waals surface area contributed by atoms with E-state index in [-0.39, 0.29) is 23.1 Å². The SMILES string of the molecule is O=C(c1ccccc1[N+](=O)[O-])N1CCCC(c2nnc(-c3cccs3)o2)C1. The summed E-state index contributed by atoms with van der Waals surface area (Å²) in [6.07, 6.45) is 1.60. The maximum atomic E-state index is 12.9. The molecule has 3 heterocycles. The summed E-state index contributed by atoms with van der Waals surface area (Å²) in [5.74, 6) is 0.553. The van der Waals surface area contributed by atoms with Crippen LogP contribution in [0.1, 0.15) is 35.0 Å². The topological polar surface area (TPSA) is 102 Å². The molecule has 1 fully saturated rings. The van der Waals surface area contributed by atoms with Crippen LogP contribution in [0.2, 0.25) is 0 Å². The van der Waals surface area contributed by atoms with E-state index in [2.05, 4.69) is 10.2 Å². The number of nitro benzene ring substituents is 1. The van der Waals surface area contributed by atoms with Gasteiger partial charge in [-0.25, -0.2) is 0 Å².